The van der Waals surface area contributed by atoms with Crippen LogP contribution in [0, 0.1) is 5.92 Å². The molecule has 1 amide bonds. The Kier molecular flexibility index (Phi) is 4.21. The molecule has 0 spiro atoms. The topological polar surface area (TPSA) is 85.8 Å². The van der Waals surface area contributed by atoms with Gasteiger partial charge in [-0.05, 0) is 31.5 Å². The average Bonchev–Trinajstić information content (AvgIpc) is 2.86. The molecular weight excluding hydrogens is 248 g/mol. The van der Waals surface area contributed by atoms with Crippen molar-refractivity contribution in [2.45, 2.75) is 19.4 Å². The van der Waals surface area contributed by atoms with Crippen LogP contribution in [0.4, 0.5) is 0 Å². The van der Waals surface area contributed by atoms with Crippen LogP contribution in [0.5, 0.6) is 0 Å². The van der Waals surface area contributed by atoms with Gasteiger partial charge >= 0.3 is 5.97 Å². The second-order valence-electron chi connectivity index (χ2n) is 4.73. The predicted molar refractivity (Wildman–Crippen MR) is 67.2 cm³/mol. The van der Waals surface area contributed by atoms with E-state index in [9.17, 15) is 9.59 Å². The molecule has 1 atom stereocenters. The maximum atomic E-state index is 11.3. The summed E-state index contributed by atoms with van der Waals surface area (Å²) in [6.07, 6.45) is 1.79. The highest BCUT2D eigenvalue weighted by molar-refractivity contribution is 5.86. The largest absolute Gasteiger partial charge is 0.463 e. The fourth-order valence-electron chi connectivity index (χ4n) is 2.32. The van der Waals surface area contributed by atoms with E-state index in [4.69, 9.17) is 10.2 Å². The number of primary amides is 1. The van der Waals surface area contributed by atoms with E-state index in [2.05, 4.69) is 9.64 Å². The Balaban J connectivity index is 1.95. The van der Waals surface area contributed by atoms with Crippen LogP contribution in [0.3, 0.4) is 0 Å². The standard InChI is InChI=1S/C13H18N2O4/c1-18-13(17)11-5-4-10(19-11)8-15-6-2-3-9(7-15)12(14)16/h4-5,9H,2-3,6-8H2,1H3,(H2,14,16)/t9-/m1/s1. The average molecular weight is 266 g/mol. The highest BCUT2D eigenvalue weighted by Crippen LogP contribution is 2.19. The van der Waals surface area contributed by atoms with Crippen molar-refractivity contribution in [1.82, 2.24) is 4.90 Å². The number of hydrogen-bond donors (Lipinski definition) is 1. The number of nitrogens with two attached hydrogens (primary N) is 1. The first-order valence-corrected chi connectivity index (χ1v) is 6.29. The van der Waals surface area contributed by atoms with Gasteiger partial charge in [0, 0.05) is 6.54 Å². The van der Waals surface area contributed by atoms with E-state index < -0.39 is 5.97 Å². The highest BCUT2D eigenvalue weighted by atomic mass is 16.5. The predicted octanol–water partition coefficient (Wildman–Crippen LogP) is 0.763. The fourth-order valence-corrected chi connectivity index (χ4v) is 2.32. The van der Waals surface area contributed by atoms with E-state index in [-0.39, 0.29) is 17.6 Å². The second-order valence-corrected chi connectivity index (χ2v) is 4.73. The minimum absolute atomic E-state index is 0.0937. The van der Waals surface area contributed by atoms with Crippen LogP contribution >= 0.6 is 0 Å². The van der Waals surface area contributed by atoms with Gasteiger partial charge in [-0.3, -0.25) is 9.69 Å². The normalized spacial score (nSPS) is 20.2. The molecule has 0 unspecified atom stereocenters. The van der Waals surface area contributed by atoms with Crippen LogP contribution in [-0.2, 0) is 16.1 Å². The molecule has 6 heteroatoms. The smallest absolute Gasteiger partial charge is 0.373 e. The van der Waals surface area contributed by atoms with Gasteiger partial charge in [0.15, 0.2) is 0 Å². The number of furan rings is 1. The molecule has 1 aromatic rings. The third kappa shape index (κ3) is 3.35. The number of piperidine rings is 1. The Hall–Kier alpha value is -1.82. The number of likely N-dealkylation sites (tertiary alicyclic amines) is 1. The van der Waals surface area contributed by atoms with Gasteiger partial charge in [-0.15, -0.1) is 0 Å². The molecule has 0 radical (unpaired) electrons. The number of methoxy groups -OCH3 is 1. The summed E-state index contributed by atoms with van der Waals surface area (Å²) in [5.41, 5.74) is 5.33. The van der Waals surface area contributed by atoms with Crippen molar-refractivity contribution in [2.24, 2.45) is 11.7 Å². The Labute approximate surface area is 111 Å². The van der Waals surface area contributed by atoms with E-state index in [1.165, 1.54) is 7.11 Å². The van der Waals surface area contributed by atoms with Gasteiger partial charge in [-0.2, -0.15) is 0 Å². The lowest BCUT2D eigenvalue weighted by atomic mass is 9.97. The van der Waals surface area contributed by atoms with E-state index in [0.717, 1.165) is 19.4 Å². The molecule has 0 bridgehead atoms. The summed E-state index contributed by atoms with van der Waals surface area (Å²) in [4.78, 5) is 24.6. The first-order valence-electron chi connectivity index (χ1n) is 6.29. The quantitative estimate of drug-likeness (QED) is 0.813. The van der Waals surface area contributed by atoms with Gasteiger partial charge < -0.3 is 14.9 Å². The summed E-state index contributed by atoms with van der Waals surface area (Å²) in [5.74, 6) is 0.0505. The minimum Gasteiger partial charge on any atom is -0.463 e. The molecule has 0 aliphatic carbocycles. The zero-order valence-electron chi connectivity index (χ0n) is 10.9. The summed E-state index contributed by atoms with van der Waals surface area (Å²) in [6.45, 7) is 2.11. The van der Waals surface area contributed by atoms with Crippen LogP contribution in [-0.4, -0.2) is 37.0 Å². The lowest BCUT2D eigenvalue weighted by Gasteiger charge is -2.30. The number of esters is 1. The van der Waals surface area contributed by atoms with Crippen molar-refractivity contribution in [3.8, 4) is 0 Å². The minimum atomic E-state index is -0.486. The van der Waals surface area contributed by atoms with Crippen LogP contribution in [0.25, 0.3) is 0 Å². The van der Waals surface area contributed by atoms with Crippen molar-refractivity contribution in [3.05, 3.63) is 23.7 Å². The van der Waals surface area contributed by atoms with Crippen molar-refractivity contribution >= 4 is 11.9 Å². The molecule has 0 aromatic carbocycles. The molecule has 2 rings (SSSR count). The lowest BCUT2D eigenvalue weighted by Crippen LogP contribution is -2.40. The molecule has 1 aliphatic rings. The number of carbonyl (C=O) groups excluding carboxylic acids is 2. The maximum Gasteiger partial charge on any atom is 0.373 e. The zero-order chi connectivity index (χ0) is 13.8. The molecule has 1 aromatic heterocycles. The summed E-state index contributed by atoms with van der Waals surface area (Å²) in [6, 6.07) is 3.34. The van der Waals surface area contributed by atoms with Crippen molar-refractivity contribution in [3.63, 3.8) is 0 Å². The Morgan fingerprint density at radius 1 is 1.53 bits per heavy atom. The fraction of sp³-hybridized carbons (Fsp3) is 0.538. The van der Waals surface area contributed by atoms with Gasteiger partial charge in [0.2, 0.25) is 11.7 Å². The molecule has 1 aliphatic heterocycles. The molecule has 2 heterocycles. The molecule has 1 fully saturated rings. The van der Waals surface area contributed by atoms with Crippen LogP contribution in [0.1, 0.15) is 29.2 Å². The first-order chi connectivity index (χ1) is 9.10. The van der Waals surface area contributed by atoms with Crippen molar-refractivity contribution in [2.75, 3.05) is 20.2 Å². The summed E-state index contributed by atoms with van der Waals surface area (Å²) in [5, 5.41) is 0. The monoisotopic (exact) mass is 266 g/mol. The van der Waals surface area contributed by atoms with Crippen LogP contribution in [0.2, 0.25) is 0 Å². The van der Waals surface area contributed by atoms with E-state index in [1.807, 2.05) is 0 Å². The maximum absolute atomic E-state index is 11.3. The molecule has 0 saturated carbocycles. The summed E-state index contributed by atoms with van der Waals surface area (Å²) < 4.78 is 9.98. The van der Waals surface area contributed by atoms with E-state index in [1.54, 1.807) is 12.1 Å². The number of nitrogens with zero attached hydrogens (tertiary/aromatic N) is 1. The molecule has 104 valence electrons. The van der Waals surface area contributed by atoms with Gasteiger partial charge in [-0.1, -0.05) is 0 Å². The molecule has 2 N–H and O–H groups in total. The first kappa shape index (κ1) is 13.6. The van der Waals surface area contributed by atoms with Crippen LogP contribution < -0.4 is 5.73 Å². The number of amides is 1. The lowest BCUT2D eigenvalue weighted by molar-refractivity contribution is -0.123. The zero-order valence-corrected chi connectivity index (χ0v) is 10.9. The van der Waals surface area contributed by atoms with Crippen molar-refractivity contribution < 1.29 is 18.7 Å². The SMILES string of the molecule is COC(=O)c1ccc(CN2CCC[C@@H](C(N)=O)C2)o1. The van der Waals surface area contributed by atoms with Crippen molar-refractivity contribution in [1.29, 1.82) is 0 Å². The number of hydrogen-bond acceptors (Lipinski definition) is 5. The van der Waals surface area contributed by atoms with Gasteiger partial charge in [0.05, 0.1) is 19.6 Å². The van der Waals surface area contributed by atoms with Gasteiger partial charge in [-0.25, -0.2) is 4.79 Å². The van der Waals surface area contributed by atoms with E-state index in [0.29, 0.717) is 18.8 Å². The highest BCUT2D eigenvalue weighted by Gasteiger charge is 2.24. The third-order valence-corrected chi connectivity index (χ3v) is 3.34. The molecule has 6 nitrogen and oxygen atoms in total. The van der Waals surface area contributed by atoms with Crippen LogP contribution in [0.15, 0.2) is 16.5 Å². The number of carbonyl (C=O) groups is 2. The summed E-state index contributed by atoms with van der Waals surface area (Å²) >= 11 is 0. The van der Waals surface area contributed by atoms with Gasteiger partial charge in [0.25, 0.3) is 0 Å². The summed E-state index contributed by atoms with van der Waals surface area (Å²) in [7, 11) is 1.31. The third-order valence-electron chi connectivity index (χ3n) is 3.34. The Morgan fingerprint density at radius 2 is 2.32 bits per heavy atom. The second kappa shape index (κ2) is 5.88. The Bertz CT molecular complexity index is 469. The van der Waals surface area contributed by atoms with Gasteiger partial charge in [0.1, 0.15) is 5.76 Å². The van der Waals surface area contributed by atoms with E-state index >= 15 is 0 Å². The molecule has 19 heavy (non-hydrogen) atoms. The number of ether oxygens (including phenoxy) is 1. The molecule has 1 saturated heterocycles. The Morgan fingerprint density at radius 3 is 3.00 bits per heavy atom. The molecular formula is C13H18N2O4. The number of rotatable bonds is 4.